The maximum atomic E-state index is 13.5. The third-order valence-corrected chi connectivity index (χ3v) is 3.08. The molecule has 0 saturated carbocycles. The van der Waals surface area contributed by atoms with Crippen molar-refractivity contribution in [3.63, 3.8) is 0 Å². The largest absolute Gasteiger partial charge is 0.480 e. The van der Waals surface area contributed by atoms with Gasteiger partial charge in [0.15, 0.2) is 0 Å². The van der Waals surface area contributed by atoms with Crippen LogP contribution in [0.2, 0.25) is 0 Å². The Morgan fingerprint density at radius 2 is 2.25 bits per heavy atom. The summed E-state index contributed by atoms with van der Waals surface area (Å²) in [5.41, 5.74) is -1.10. The lowest BCUT2D eigenvalue weighted by Crippen LogP contribution is -2.62. The molecule has 1 aliphatic heterocycles. The van der Waals surface area contributed by atoms with Crippen molar-refractivity contribution in [1.82, 2.24) is 0 Å². The molecule has 0 bridgehead atoms. The molecule has 1 aromatic rings. The van der Waals surface area contributed by atoms with E-state index in [1.165, 1.54) is 12.1 Å². The molecule has 108 valence electrons. The van der Waals surface area contributed by atoms with E-state index in [9.17, 15) is 19.3 Å². The first kappa shape index (κ1) is 14.2. The number of carboxylic acid groups (broad SMARTS) is 1. The third kappa shape index (κ3) is 2.69. The van der Waals surface area contributed by atoms with Crippen LogP contribution in [-0.2, 0) is 9.53 Å². The maximum absolute atomic E-state index is 13.5. The molecular weight excluding hydrogens is 271 g/mol. The Morgan fingerprint density at radius 3 is 2.80 bits per heavy atom. The van der Waals surface area contributed by atoms with Gasteiger partial charge in [-0.1, -0.05) is 6.07 Å². The fourth-order valence-corrected chi connectivity index (χ4v) is 2.20. The molecule has 0 aromatic heterocycles. The van der Waals surface area contributed by atoms with E-state index in [0.29, 0.717) is 0 Å². The summed E-state index contributed by atoms with van der Waals surface area (Å²) in [5.74, 6) is -1.98. The van der Waals surface area contributed by atoms with Gasteiger partial charge in [0.2, 0.25) is 5.82 Å². The van der Waals surface area contributed by atoms with Crippen LogP contribution in [0.5, 0.6) is 0 Å². The van der Waals surface area contributed by atoms with E-state index < -0.39 is 34.6 Å². The highest BCUT2D eigenvalue weighted by Gasteiger charge is 2.43. The molecule has 8 heteroatoms. The van der Waals surface area contributed by atoms with Gasteiger partial charge in [0.05, 0.1) is 4.92 Å². The first-order chi connectivity index (χ1) is 9.32. The van der Waals surface area contributed by atoms with Crippen molar-refractivity contribution in [2.24, 2.45) is 0 Å². The number of ether oxygens (including phenoxy) is 1. The SMILES string of the molecule is CC1(OCC(=O)O)CN(c2cccc(F)c2[N+](=O)[O-])C1. The normalized spacial score (nSPS) is 16.6. The summed E-state index contributed by atoms with van der Waals surface area (Å²) < 4.78 is 18.7. The van der Waals surface area contributed by atoms with Crippen LogP contribution in [0.15, 0.2) is 18.2 Å². The molecule has 0 spiro atoms. The van der Waals surface area contributed by atoms with Gasteiger partial charge in [-0.25, -0.2) is 4.79 Å². The minimum Gasteiger partial charge on any atom is -0.480 e. The molecule has 7 nitrogen and oxygen atoms in total. The first-order valence-corrected chi connectivity index (χ1v) is 5.86. The topological polar surface area (TPSA) is 92.9 Å². The second-order valence-electron chi connectivity index (χ2n) is 4.85. The number of rotatable bonds is 5. The smallest absolute Gasteiger partial charge is 0.329 e. The minimum absolute atomic E-state index is 0.173. The highest BCUT2D eigenvalue weighted by atomic mass is 19.1. The van der Waals surface area contributed by atoms with Gasteiger partial charge in [-0.15, -0.1) is 0 Å². The Morgan fingerprint density at radius 1 is 1.60 bits per heavy atom. The molecule has 1 N–H and O–H groups in total. The van der Waals surface area contributed by atoms with Crippen LogP contribution in [0.3, 0.4) is 0 Å². The molecule has 0 unspecified atom stereocenters. The molecule has 1 saturated heterocycles. The summed E-state index contributed by atoms with van der Waals surface area (Å²) in [7, 11) is 0. The van der Waals surface area contributed by atoms with E-state index in [1.54, 1.807) is 11.8 Å². The molecule has 0 radical (unpaired) electrons. The van der Waals surface area contributed by atoms with Gasteiger partial charge in [-0.2, -0.15) is 4.39 Å². The second kappa shape index (κ2) is 5.04. The van der Waals surface area contributed by atoms with Crippen molar-refractivity contribution < 1.29 is 24.0 Å². The molecule has 20 heavy (non-hydrogen) atoms. The van der Waals surface area contributed by atoms with Crippen molar-refractivity contribution in [3.8, 4) is 0 Å². The van der Waals surface area contributed by atoms with Crippen LogP contribution < -0.4 is 4.90 Å². The molecule has 1 heterocycles. The molecule has 1 aromatic carbocycles. The van der Waals surface area contributed by atoms with Crippen LogP contribution in [0.1, 0.15) is 6.92 Å². The molecule has 1 aliphatic rings. The number of nitro groups is 1. The summed E-state index contributed by atoms with van der Waals surface area (Å²) in [5, 5.41) is 19.4. The Bertz CT molecular complexity index is 557. The molecule has 0 atom stereocenters. The van der Waals surface area contributed by atoms with Crippen molar-refractivity contribution >= 4 is 17.3 Å². The van der Waals surface area contributed by atoms with Crippen molar-refractivity contribution in [1.29, 1.82) is 0 Å². The van der Waals surface area contributed by atoms with Gasteiger partial charge in [-0.3, -0.25) is 10.1 Å². The highest BCUT2D eigenvalue weighted by molar-refractivity contribution is 5.68. The maximum Gasteiger partial charge on any atom is 0.329 e. The lowest BCUT2D eigenvalue weighted by molar-refractivity contribution is -0.386. The predicted molar refractivity (Wildman–Crippen MR) is 67.3 cm³/mol. The van der Waals surface area contributed by atoms with E-state index in [-0.39, 0.29) is 18.8 Å². The van der Waals surface area contributed by atoms with E-state index >= 15 is 0 Å². The van der Waals surface area contributed by atoms with Crippen molar-refractivity contribution in [2.45, 2.75) is 12.5 Å². The van der Waals surface area contributed by atoms with E-state index in [4.69, 9.17) is 9.84 Å². The number of nitrogens with zero attached hydrogens (tertiary/aromatic N) is 2. The minimum atomic E-state index is -1.08. The van der Waals surface area contributed by atoms with Crippen LogP contribution >= 0.6 is 0 Å². The van der Waals surface area contributed by atoms with Crippen molar-refractivity contribution in [3.05, 3.63) is 34.1 Å². The molecule has 0 aliphatic carbocycles. The lowest BCUT2D eigenvalue weighted by Gasteiger charge is -2.48. The number of carbonyl (C=O) groups is 1. The molecule has 0 amide bonds. The molecule has 2 rings (SSSR count). The van der Waals surface area contributed by atoms with Crippen LogP contribution in [-0.4, -0.2) is 41.3 Å². The standard InChI is InChI=1S/C12H13FN2O5/c1-12(20-5-10(16)17)6-14(7-12)9-4-2-3-8(13)11(9)15(18)19/h2-4H,5-7H2,1H3,(H,16,17). The van der Waals surface area contributed by atoms with Gasteiger partial charge >= 0.3 is 11.7 Å². The Balaban J connectivity index is 2.11. The first-order valence-electron chi connectivity index (χ1n) is 5.86. The summed E-state index contributed by atoms with van der Waals surface area (Å²) in [6.07, 6.45) is 0. The zero-order valence-electron chi connectivity index (χ0n) is 10.7. The monoisotopic (exact) mass is 284 g/mol. The number of para-hydroxylation sites is 1. The molecule has 1 fully saturated rings. The van der Waals surface area contributed by atoms with E-state index in [2.05, 4.69) is 0 Å². The zero-order valence-corrected chi connectivity index (χ0v) is 10.7. The van der Waals surface area contributed by atoms with Gasteiger partial charge < -0.3 is 14.7 Å². The Kier molecular flexibility index (Phi) is 3.58. The highest BCUT2D eigenvalue weighted by Crippen LogP contribution is 2.37. The average Bonchev–Trinajstić information content (AvgIpc) is 2.32. The fourth-order valence-electron chi connectivity index (χ4n) is 2.20. The third-order valence-electron chi connectivity index (χ3n) is 3.08. The van der Waals surface area contributed by atoms with Crippen LogP contribution in [0.4, 0.5) is 15.8 Å². The number of nitro benzene ring substituents is 1. The predicted octanol–water partition coefficient (Wildman–Crippen LogP) is 1.41. The quantitative estimate of drug-likeness (QED) is 0.649. The van der Waals surface area contributed by atoms with Gasteiger partial charge in [0.1, 0.15) is 17.9 Å². The summed E-state index contributed by atoms with van der Waals surface area (Å²) in [6, 6.07) is 3.88. The molecular formula is C12H13FN2O5. The van der Waals surface area contributed by atoms with Crippen LogP contribution in [0, 0.1) is 15.9 Å². The van der Waals surface area contributed by atoms with Gasteiger partial charge in [0, 0.05) is 13.1 Å². The van der Waals surface area contributed by atoms with E-state index in [0.717, 1.165) is 6.07 Å². The number of aliphatic carboxylic acids is 1. The van der Waals surface area contributed by atoms with Crippen LogP contribution in [0.25, 0.3) is 0 Å². The number of hydrogen-bond donors (Lipinski definition) is 1. The fraction of sp³-hybridized carbons (Fsp3) is 0.417. The number of carboxylic acids is 1. The second-order valence-corrected chi connectivity index (χ2v) is 4.85. The summed E-state index contributed by atoms with van der Waals surface area (Å²) >= 11 is 0. The Labute approximate surface area is 113 Å². The zero-order chi connectivity index (χ0) is 14.9. The average molecular weight is 284 g/mol. The Hall–Kier alpha value is -2.22. The van der Waals surface area contributed by atoms with Gasteiger partial charge in [0.25, 0.3) is 0 Å². The number of anilines is 1. The summed E-state index contributed by atoms with van der Waals surface area (Å²) in [4.78, 5) is 22.2. The lowest BCUT2D eigenvalue weighted by atomic mass is 9.95. The number of benzene rings is 1. The van der Waals surface area contributed by atoms with E-state index in [1.807, 2.05) is 0 Å². The number of hydrogen-bond acceptors (Lipinski definition) is 5. The number of halogens is 1. The van der Waals surface area contributed by atoms with Crippen molar-refractivity contribution in [2.75, 3.05) is 24.6 Å². The van der Waals surface area contributed by atoms with Gasteiger partial charge in [-0.05, 0) is 19.1 Å². The summed E-state index contributed by atoms with van der Waals surface area (Å²) in [6.45, 7) is 1.81.